The molecule has 110 valence electrons. The van der Waals surface area contributed by atoms with Gasteiger partial charge in [-0.05, 0) is 31.2 Å². The van der Waals surface area contributed by atoms with E-state index >= 15 is 0 Å². The van der Waals surface area contributed by atoms with Crippen LogP contribution in [0.3, 0.4) is 0 Å². The van der Waals surface area contributed by atoms with E-state index in [0.717, 1.165) is 31.5 Å². The highest BCUT2D eigenvalue weighted by atomic mass is 16.1. The number of carbonyl (C=O) groups excluding carboxylic acids is 1. The molecule has 2 rings (SSSR count). The summed E-state index contributed by atoms with van der Waals surface area (Å²) < 4.78 is 0. The molecule has 1 aromatic heterocycles. The van der Waals surface area contributed by atoms with E-state index in [1.807, 2.05) is 0 Å². The van der Waals surface area contributed by atoms with Crippen molar-refractivity contribution in [2.24, 2.45) is 5.92 Å². The Bertz CT molecular complexity index is 447. The van der Waals surface area contributed by atoms with Crippen LogP contribution in [0.25, 0.3) is 0 Å². The Balaban J connectivity index is 2.01. The van der Waals surface area contributed by atoms with E-state index in [1.54, 1.807) is 18.5 Å². The Morgan fingerprint density at radius 2 is 2.30 bits per heavy atom. The quantitative estimate of drug-likeness (QED) is 0.867. The number of rotatable bonds is 5. The summed E-state index contributed by atoms with van der Waals surface area (Å²) in [5, 5.41) is 6.44. The zero-order chi connectivity index (χ0) is 14.4. The van der Waals surface area contributed by atoms with Gasteiger partial charge in [-0.25, -0.2) is 0 Å². The highest BCUT2D eigenvalue weighted by Crippen LogP contribution is 2.24. The minimum atomic E-state index is 0.0186. The second-order valence-corrected chi connectivity index (χ2v) is 5.79. The normalized spacial score (nSPS) is 22.3. The summed E-state index contributed by atoms with van der Waals surface area (Å²) in [6.07, 6.45) is 9.11. The number of nitrogens with zero attached hydrogens (tertiary/aromatic N) is 1. The summed E-state index contributed by atoms with van der Waals surface area (Å²) in [7, 11) is 0. The summed E-state index contributed by atoms with van der Waals surface area (Å²) >= 11 is 0. The third-order valence-corrected chi connectivity index (χ3v) is 3.90. The molecule has 0 saturated heterocycles. The lowest BCUT2D eigenvalue weighted by Gasteiger charge is -2.27. The monoisotopic (exact) mass is 275 g/mol. The smallest absolute Gasteiger partial charge is 0.253 e. The van der Waals surface area contributed by atoms with E-state index in [0.29, 0.717) is 17.5 Å². The van der Waals surface area contributed by atoms with Crippen LogP contribution in [0.5, 0.6) is 0 Å². The predicted molar refractivity (Wildman–Crippen MR) is 81.9 cm³/mol. The van der Waals surface area contributed by atoms with E-state index in [2.05, 4.69) is 29.5 Å². The van der Waals surface area contributed by atoms with Crippen molar-refractivity contribution in [2.75, 3.05) is 11.9 Å². The van der Waals surface area contributed by atoms with Crippen molar-refractivity contribution in [2.45, 2.75) is 52.0 Å². The summed E-state index contributed by atoms with van der Waals surface area (Å²) in [6, 6.07) is 2.11. The lowest BCUT2D eigenvalue weighted by molar-refractivity contribution is 0.0922. The van der Waals surface area contributed by atoms with Gasteiger partial charge in [-0.1, -0.05) is 26.7 Å². The Morgan fingerprint density at radius 1 is 1.45 bits per heavy atom. The molecule has 1 aromatic rings. The number of aromatic nitrogens is 1. The van der Waals surface area contributed by atoms with Crippen LogP contribution < -0.4 is 10.6 Å². The van der Waals surface area contributed by atoms with Crippen LogP contribution >= 0.6 is 0 Å². The average molecular weight is 275 g/mol. The molecular formula is C16H25N3O. The van der Waals surface area contributed by atoms with Crippen molar-refractivity contribution in [3.63, 3.8) is 0 Å². The summed E-state index contributed by atoms with van der Waals surface area (Å²) in [4.78, 5) is 16.5. The van der Waals surface area contributed by atoms with E-state index in [1.165, 1.54) is 12.8 Å². The van der Waals surface area contributed by atoms with Crippen LogP contribution in [-0.4, -0.2) is 23.5 Å². The molecule has 1 heterocycles. The molecule has 1 aliphatic carbocycles. The third-order valence-electron chi connectivity index (χ3n) is 3.90. The van der Waals surface area contributed by atoms with Crippen LogP contribution in [0.2, 0.25) is 0 Å². The molecule has 4 heteroatoms. The third kappa shape index (κ3) is 3.95. The minimum Gasteiger partial charge on any atom is -0.383 e. The molecule has 0 spiro atoms. The molecule has 20 heavy (non-hydrogen) atoms. The Hall–Kier alpha value is -1.58. The Morgan fingerprint density at radius 3 is 3.05 bits per heavy atom. The molecule has 2 N–H and O–H groups in total. The van der Waals surface area contributed by atoms with Gasteiger partial charge in [0.1, 0.15) is 0 Å². The average Bonchev–Trinajstić information content (AvgIpc) is 2.45. The second-order valence-electron chi connectivity index (χ2n) is 5.79. The van der Waals surface area contributed by atoms with Crippen molar-refractivity contribution in [1.82, 2.24) is 10.3 Å². The van der Waals surface area contributed by atoms with Gasteiger partial charge in [-0.2, -0.15) is 0 Å². The number of anilines is 1. The summed E-state index contributed by atoms with van der Waals surface area (Å²) in [5.74, 6) is 0.731. The zero-order valence-electron chi connectivity index (χ0n) is 12.5. The molecule has 0 aromatic carbocycles. The molecule has 2 unspecified atom stereocenters. The number of nitrogens with one attached hydrogen (secondary N) is 2. The molecule has 1 fully saturated rings. The van der Waals surface area contributed by atoms with Gasteiger partial charge in [-0.15, -0.1) is 0 Å². The van der Waals surface area contributed by atoms with Crippen LogP contribution in [0.1, 0.15) is 56.3 Å². The van der Waals surface area contributed by atoms with E-state index in [4.69, 9.17) is 0 Å². The summed E-state index contributed by atoms with van der Waals surface area (Å²) in [5.41, 5.74) is 1.53. The highest BCUT2D eigenvalue weighted by Gasteiger charge is 2.21. The van der Waals surface area contributed by atoms with Crippen LogP contribution in [0, 0.1) is 5.92 Å². The van der Waals surface area contributed by atoms with E-state index < -0.39 is 0 Å². The molecule has 1 aliphatic rings. The first-order chi connectivity index (χ1) is 9.70. The molecule has 0 bridgehead atoms. The van der Waals surface area contributed by atoms with Crippen molar-refractivity contribution in [3.05, 3.63) is 24.0 Å². The lowest BCUT2D eigenvalue weighted by atomic mass is 9.87. The number of amides is 1. The predicted octanol–water partition coefficient (Wildman–Crippen LogP) is 3.21. The number of pyridine rings is 1. The van der Waals surface area contributed by atoms with Crippen LogP contribution in [0.15, 0.2) is 18.5 Å². The molecule has 4 nitrogen and oxygen atoms in total. The molecule has 1 saturated carbocycles. The Kier molecular flexibility index (Phi) is 5.39. The topological polar surface area (TPSA) is 54.0 Å². The molecule has 0 radical (unpaired) electrons. The maximum atomic E-state index is 12.4. The van der Waals surface area contributed by atoms with Gasteiger partial charge in [0.25, 0.3) is 5.91 Å². The van der Waals surface area contributed by atoms with Crippen molar-refractivity contribution in [1.29, 1.82) is 0 Å². The van der Waals surface area contributed by atoms with E-state index in [9.17, 15) is 4.79 Å². The largest absolute Gasteiger partial charge is 0.383 e. The van der Waals surface area contributed by atoms with Gasteiger partial charge in [-0.3, -0.25) is 9.78 Å². The van der Waals surface area contributed by atoms with Gasteiger partial charge in [0.05, 0.1) is 17.4 Å². The maximum Gasteiger partial charge on any atom is 0.253 e. The fourth-order valence-electron chi connectivity index (χ4n) is 2.82. The fourth-order valence-corrected chi connectivity index (χ4v) is 2.82. The standard InChI is InChI=1S/C16H25N3O/c1-3-8-18-15-11-17-9-7-14(15)16(20)19-13-6-4-5-12(2)10-13/h7,9,11-13,18H,3-6,8,10H2,1-2H3,(H,19,20). The SMILES string of the molecule is CCCNc1cnccc1C(=O)NC1CCCC(C)C1. The van der Waals surface area contributed by atoms with Crippen molar-refractivity contribution in [3.8, 4) is 0 Å². The maximum absolute atomic E-state index is 12.4. The van der Waals surface area contributed by atoms with Crippen molar-refractivity contribution >= 4 is 11.6 Å². The van der Waals surface area contributed by atoms with Gasteiger partial charge in [0.15, 0.2) is 0 Å². The first-order valence-corrected chi connectivity index (χ1v) is 7.69. The first kappa shape index (κ1) is 14.8. The van der Waals surface area contributed by atoms with Crippen molar-refractivity contribution < 1.29 is 4.79 Å². The number of hydrogen-bond donors (Lipinski definition) is 2. The van der Waals surface area contributed by atoms with Gasteiger partial charge < -0.3 is 10.6 Å². The van der Waals surface area contributed by atoms with Crippen LogP contribution in [-0.2, 0) is 0 Å². The minimum absolute atomic E-state index is 0.0186. The number of carbonyl (C=O) groups is 1. The molecule has 0 aliphatic heterocycles. The van der Waals surface area contributed by atoms with Gasteiger partial charge in [0.2, 0.25) is 0 Å². The molecular weight excluding hydrogens is 250 g/mol. The molecule has 2 atom stereocenters. The second kappa shape index (κ2) is 7.27. The first-order valence-electron chi connectivity index (χ1n) is 7.69. The lowest BCUT2D eigenvalue weighted by Crippen LogP contribution is -2.38. The zero-order valence-corrected chi connectivity index (χ0v) is 12.5. The Labute approximate surface area is 121 Å². The molecule has 1 amide bonds. The fraction of sp³-hybridized carbons (Fsp3) is 0.625. The highest BCUT2D eigenvalue weighted by molar-refractivity contribution is 5.99. The van der Waals surface area contributed by atoms with Gasteiger partial charge in [0, 0.05) is 18.8 Å². The number of hydrogen-bond acceptors (Lipinski definition) is 3. The van der Waals surface area contributed by atoms with E-state index in [-0.39, 0.29) is 5.91 Å². The summed E-state index contributed by atoms with van der Waals surface area (Å²) in [6.45, 7) is 5.22. The van der Waals surface area contributed by atoms with Crippen LogP contribution in [0.4, 0.5) is 5.69 Å². The van der Waals surface area contributed by atoms with Gasteiger partial charge >= 0.3 is 0 Å².